The van der Waals surface area contributed by atoms with Crippen molar-refractivity contribution in [3.63, 3.8) is 0 Å². The van der Waals surface area contributed by atoms with Crippen LogP contribution in [0.4, 0.5) is 0 Å². The maximum atomic E-state index is 10.6. The molecule has 0 saturated carbocycles. The van der Waals surface area contributed by atoms with Crippen LogP contribution in [0.15, 0.2) is 28.7 Å². The Morgan fingerprint density at radius 2 is 2.20 bits per heavy atom. The number of nitrogens with one attached hydrogen (secondary N) is 1. The molecule has 2 atom stereocenters. The fourth-order valence-corrected chi connectivity index (χ4v) is 2.91. The molecule has 1 saturated heterocycles. The standard InChI is InChI=1S/C12H16BrNO/c1-12(15,11-7-4-8-14-11)9-5-2-3-6-10(9)13/h2-3,5-6,11,14-15H,4,7-8H2,1H3. The normalized spacial score (nSPS) is 25.1. The lowest BCUT2D eigenvalue weighted by Crippen LogP contribution is -2.43. The van der Waals surface area contributed by atoms with Gasteiger partial charge in [-0.05, 0) is 37.9 Å². The van der Waals surface area contributed by atoms with Gasteiger partial charge in [0, 0.05) is 10.5 Å². The van der Waals surface area contributed by atoms with Crippen molar-refractivity contribution >= 4 is 15.9 Å². The van der Waals surface area contributed by atoms with Gasteiger partial charge in [-0.25, -0.2) is 0 Å². The Hall–Kier alpha value is -0.380. The zero-order valence-electron chi connectivity index (χ0n) is 8.83. The highest BCUT2D eigenvalue weighted by atomic mass is 79.9. The van der Waals surface area contributed by atoms with E-state index in [0.29, 0.717) is 0 Å². The van der Waals surface area contributed by atoms with Crippen LogP contribution in [-0.2, 0) is 5.60 Å². The molecule has 1 heterocycles. The van der Waals surface area contributed by atoms with Gasteiger partial charge in [0.1, 0.15) is 5.60 Å². The summed E-state index contributed by atoms with van der Waals surface area (Å²) in [5, 5.41) is 13.9. The first-order valence-electron chi connectivity index (χ1n) is 5.33. The van der Waals surface area contributed by atoms with E-state index in [1.807, 2.05) is 31.2 Å². The van der Waals surface area contributed by atoms with Crippen molar-refractivity contribution in [2.75, 3.05) is 6.54 Å². The van der Waals surface area contributed by atoms with Gasteiger partial charge in [-0.1, -0.05) is 34.1 Å². The third kappa shape index (κ3) is 2.10. The Morgan fingerprint density at radius 1 is 1.47 bits per heavy atom. The Labute approximate surface area is 98.8 Å². The number of aliphatic hydroxyl groups is 1. The number of hydrogen-bond acceptors (Lipinski definition) is 2. The summed E-state index contributed by atoms with van der Waals surface area (Å²) in [4.78, 5) is 0. The predicted octanol–water partition coefficient (Wildman–Crippen LogP) is 2.41. The first kappa shape index (κ1) is 11.1. The second-order valence-corrected chi connectivity index (χ2v) is 5.13. The first-order valence-corrected chi connectivity index (χ1v) is 6.12. The summed E-state index contributed by atoms with van der Waals surface area (Å²) in [5.74, 6) is 0. The van der Waals surface area contributed by atoms with Gasteiger partial charge in [-0.2, -0.15) is 0 Å². The van der Waals surface area contributed by atoms with Gasteiger partial charge in [0.2, 0.25) is 0 Å². The summed E-state index contributed by atoms with van der Waals surface area (Å²) in [6, 6.07) is 8.04. The van der Waals surface area contributed by atoms with Gasteiger partial charge in [-0.3, -0.25) is 0 Å². The van der Waals surface area contributed by atoms with E-state index in [4.69, 9.17) is 0 Å². The van der Waals surface area contributed by atoms with Crippen LogP contribution < -0.4 is 5.32 Å². The summed E-state index contributed by atoms with van der Waals surface area (Å²) in [6.07, 6.45) is 2.18. The minimum atomic E-state index is -0.795. The number of rotatable bonds is 2. The van der Waals surface area contributed by atoms with Crippen molar-refractivity contribution in [2.24, 2.45) is 0 Å². The van der Waals surface area contributed by atoms with Crippen LogP contribution in [0.25, 0.3) is 0 Å². The Bertz CT molecular complexity index is 345. The molecular formula is C12H16BrNO. The summed E-state index contributed by atoms with van der Waals surface area (Å²) in [5.41, 5.74) is 0.167. The molecule has 0 aromatic heterocycles. The second-order valence-electron chi connectivity index (χ2n) is 4.28. The van der Waals surface area contributed by atoms with Crippen LogP contribution in [0.3, 0.4) is 0 Å². The molecule has 82 valence electrons. The lowest BCUT2D eigenvalue weighted by atomic mass is 9.87. The Balaban J connectivity index is 2.31. The largest absolute Gasteiger partial charge is 0.384 e. The molecule has 1 aliphatic rings. The smallest absolute Gasteiger partial charge is 0.103 e. The molecule has 2 rings (SSSR count). The van der Waals surface area contributed by atoms with E-state index in [-0.39, 0.29) is 6.04 Å². The van der Waals surface area contributed by atoms with E-state index in [1.54, 1.807) is 0 Å². The second kappa shape index (κ2) is 4.24. The molecule has 0 aliphatic carbocycles. The van der Waals surface area contributed by atoms with E-state index in [0.717, 1.165) is 29.4 Å². The number of benzene rings is 1. The Morgan fingerprint density at radius 3 is 2.80 bits per heavy atom. The number of hydrogen-bond donors (Lipinski definition) is 2. The molecule has 1 aromatic rings. The van der Waals surface area contributed by atoms with Gasteiger partial charge in [0.15, 0.2) is 0 Å². The molecule has 2 unspecified atom stereocenters. The fraction of sp³-hybridized carbons (Fsp3) is 0.500. The molecule has 1 aliphatic heterocycles. The van der Waals surface area contributed by atoms with E-state index < -0.39 is 5.60 Å². The zero-order valence-corrected chi connectivity index (χ0v) is 10.4. The summed E-state index contributed by atoms with van der Waals surface area (Å²) >= 11 is 3.49. The summed E-state index contributed by atoms with van der Waals surface area (Å²) < 4.78 is 0.976. The van der Waals surface area contributed by atoms with Crippen LogP contribution >= 0.6 is 15.9 Å². The van der Waals surface area contributed by atoms with Gasteiger partial charge in [0.05, 0.1) is 0 Å². The predicted molar refractivity (Wildman–Crippen MR) is 64.7 cm³/mol. The third-order valence-corrected chi connectivity index (χ3v) is 3.85. The molecule has 15 heavy (non-hydrogen) atoms. The lowest BCUT2D eigenvalue weighted by Gasteiger charge is -2.31. The quantitative estimate of drug-likeness (QED) is 0.865. The average molecular weight is 270 g/mol. The minimum Gasteiger partial charge on any atom is -0.384 e. The van der Waals surface area contributed by atoms with E-state index in [9.17, 15) is 5.11 Å². The molecule has 1 fully saturated rings. The molecule has 0 radical (unpaired) electrons. The molecule has 0 spiro atoms. The van der Waals surface area contributed by atoms with Gasteiger partial charge >= 0.3 is 0 Å². The van der Waals surface area contributed by atoms with E-state index in [2.05, 4.69) is 21.2 Å². The van der Waals surface area contributed by atoms with E-state index >= 15 is 0 Å². The highest BCUT2D eigenvalue weighted by Gasteiger charge is 2.36. The minimum absolute atomic E-state index is 0.163. The van der Waals surface area contributed by atoms with Crippen molar-refractivity contribution in [1.29, 1.82) is 0 Å². The van der Waals surface area contributed by atoms with Crippen molar-refractivity contribution < 1.29 is 5.11 Å². The lowest BCUT2D eigenvalue weighted by molar-refractivity contribution is 0.0211. The van der Waals surface area contributed by atoms with Gasteiger partial charge in [0.25, 0.3) is 0 Å². The van der Waals surface area contributed by atoms with Gasteiger partial charge < -0.3 is 10.4 Å². The van der Waals surface area contributed by atoms with E-state index in [1.165, 1.54) is 0 Å². The van der Waals surface area contributed by atoms with Crippen LogP contribution in [-0.4, -0.2) is 17.7 Å². The highest BCUT2D eigenvalue weighted by Crippen LogP contribution is 2.33. The molecule has 2 N–H and O–H groups in total. The van der Waals surface area contributed by atoms with Crippen LogP contribution in [0.1, 0.15) is 25.3 Å². The maximum Gasteiger partial charge on any atom is 0.103 e. The summed E-state index contributed by atoms with van der Waals surface area (Å²) in [6.45, 7) is 2.89. The number of halogens is 1. The third-order valence-electron chi connectivity index (χ3n) is 3.16. The molecule has 3 heteroatoms. The van der Waals surface area contributed by atoms with Crippen LogP contribution in [0.5, 0.6) is 0 Å². The molecule has 1 aromatic carbocycles. The zero-order chi connectivity index (χ0) is 10.9. The van der Waals surface area contributed by atoms with Crippen LogP contribution in [0, 0.1) is 0 Å². The SMILES string of the molecule is CC(O)(c1ccccc1Br)C1CCCN1. The molecular weight excluding hydrogens is 254 g/mol. The maximum absolute atomic E-state index is 10.6. The Kier molecular flexibility index (Phi) is 3.14. The summed E-state index contributed by atoms with van der Waals surface area (Å²) in [7, 11) is 0. The van der Waals surface area contributed by atoms with Crippen molar-refractivity contribution in [2.45, 2.75) is 31.4 Å². The van der Waals surface area contributed by atoms with Gasteiger partial charge in [-0.15, -0.1) is 0 Å². The molecule has 0 amide bonds. The fourth-order valence-electron chi connectivity index (χ4n) is 2.22. The average Bonchev–Trinajstić information content (AvgIpc) is 2.71. The molecule has 0 bridgehead atoms. The molecule has 2 nitrogen and oxygen atoms in total. The van der Waals surface area contributed by atoms with Crippen LogP contribution in [0.2, 0.25) is 0 Å². The monoisotopic (exact) mass is 269 g/mol. The van der Waals surface area contributed by atoms with Crippen molar-refractivity contribution in [3.05, 3.63) is 34.3 Å². The topological polar surface area (TPSA) is 32.3 Å². The van der Waals surface area contributed by atoms with Crippen molar-refractivity contribution in [3.8, 4) is 0 Å². The first-order chi connectivity index (χ1) is 7.12. The highest BCUT2D eigenvalue weighted by molar-refractivity contribution is 9.10. The van der Waals surface area contributed by atoms with Crippen molar-refractivity contribution in [1.82, 2.24) is 5.32 Å².